The van der Waals surface area contributed by atoms with Crippen molar-refractivity contribution in [3.8, 4) is 0 Å². The topological polar surface area (TPSA) is 67.2 Å². The fourth-order valence-corrected chi connectivity index (χ4v) is 4.23. The molecule has 27 heavy (non-hydrogen) atoms. The third-order valence-corrected chi connectivity index (χ3v) is 5.37. The molecule has 2 aliphatic heterocycles. The minimum absolute atomic E-state index is 0.0821. The highest BCUT2D eigenvalue weighted by Gasteiger charge is 2.57. The van der Waals surface area contributed by atoms with Gasteiger partial charge in [0.05, 0.1) is 11.7 Å². The Kier molecular flexibility index (Phi) is 3.60. The zero-order valence-corrected chi connectivity index (χ0v) is 16.2. The Balaban J connectivity index is 2.03. The summed E-state index contributed by atoms with van der Waals surface area (Å²) < 4.78 is 1.79. The van der Waals surface area contributed by atoms with E-state index in [0.717, 1.165) is 22.4 Å². The summed E-state index contributed by atoms with van der Waals surface area (Å²) in [6.45, 7) is 12.2. The maximum absolute atomic E-state index is 13.7. The second-order valence-electron chi connectivity index (χ2n) is 8.34. The number of aryl methyl sites for hydroxylation is 1. The molecular formula is C21H24N4O2. The SMILES string of the molecule is C=CCN1C(=O)[C@@]2(CC(=O)Nc3c2cnn3C(C)(C)C)c2cc(C)ccc21. The summed E-state index contributed by atoms with van der Waals surface area (Å²) in [5, 5.41) is 7.48. The molecule has 6 nitrogen and oxygen atoms in total. The van der Waals surface area contributed by atoms with E-state index in [2.05, 4.69) is 17.0 Å². The van der Waals surface area contributed by atoms with Gasteiger partial charge in [0.2, 0.25) is 11.8 Å². The number of amides is 2. The molecule has 2 amide bonds. The number of nitrogens with one attached hydrogen (secondary N) is 1. The van der Waals surface area contributed by atoms with Crippen LogP contribution in [0.1, 0.15) is 43.9 Å². The Hall–Kier alpha value is -2.89. The summed E-state index contributed by atoms with van der Waals surface area (Å²) in [5.74, 6) is 0.349. The summed E-state index contributed by atoms with van der Waals surface area (Å²) in [6, 6.07) is 5.97. The van der Waals surface area contributed by atoms with E-state index in [-0.39, 0.29) is 23.8 Å². The number of hydrogen-bond acceptors (Lipinski definition) is 3. The molecule has 0 unspecified atom stereocenters. The standard InChI is InChI=1S/C21H24N4O2/c1-6-9-24-16-8-7-13(2)10-14(16)21(19(24)27)11-17(26)23-18-15(21)12-22-25(18)20(3,4)5/h6-8,10,12H,1,9,11H2,2-5H3,(H,23,26)/t21-/m0/s1. The van der Waals surface area contributed by atoms with Gasteiger partial charge in [0, 0.05) is 24.2 Å². The van der Waals surface area contributed by atoms with Gasteiger partial charge in [-0.05, 0) is 39.3 Å². The molecule has 0 bridgehead atoms. The first-order valence-corrected chi connectivity index (χ1v) is 9.13. The molecule has 0 radical (unpaired) electrons. The molecule has 0 fully saturated rings. The molecule has 2 aliphatic rings. The molecule has 6 heteroatoms. The lowest BCUT2D eigenvalue weighted by atomic mass is 9.71. The van der Waals surface area contributed by atoms with E-state index in [1.165, 1.54) is 0 Å². The molecule has 3 heterocycles. The largest absolute Gasteiger partial charge is 0.311 e. The molecule has 0 aliphatic carbocycles. The van der Waals surface area contributed by atoms with Gasteiger partial charge in [0.25, 0.3) is 0 Å². The summed E-state index contributed by atoms with van der Waals surface area (Å²) >= 11 is 0. The number of rotatable bonds is 2. The molecule has 0 saturated carbocycles. The first-order chi connectivity index (χ1) is 12.7. The number of anilines is 2. The number of carbonyl (C=O) groups excluding carboxylic acids is 2. The smallest absolute Gasteiger partial charge is 0.243 e. The summed E-state index contributed by atoms with van der Waals surface area (Å²) in [6.07, 6.45) is 3.53. The summed E-state index contributed by atoms with van der Waals surface area (Å²) in [5.41, 5.74) is 2.18. The highest BCUT2D eigenvalue weighted by molar-refractivity contribution is 6.15. The Morgan fingerprint density at radius 1 is 1.30 bits per heavy atom. The number of fused-ring (bicyclic) bond motifs is 4. The second kappa shape index (κ2) is 5.55. The van der Waals surface area contributed by atoms with Crippen molar-refractivity contribution >= 4 is 23.3 Å². The van der Waals surface area contributed by atoms with Gasteiger partial charge in [0.15, 0.2) is 0 Å². The predicted octanol–water partition coefficient (Wildman–Crippen LogP) is 3.11. The zero-order chi connectivity index (χ0) is 19.6. The van der Waals surface area contributed by atoms with Gasteiger partial charge in [0.1, 0.15) is 11.2 Å². The van der Waals surface area contributed by atoms with Crippen molar-refractivity contribution in [2.24, 2.45) is 0 Å². The van der Waals surface area contributed by atoms with E-state index in [1.807, 2.05) is 45.9 Å². The third kappa shape index (κ3) is 2.29. The fraction of sp³-hybridized carbons (Fsp3) is 0.381. The molecule has 1 atom stereocenters. The lowest BCUT2D eigenvalue weighted by molar-refractivity contribution is -0.126. The van der Waals surface area contributed by atoms with Gasteiger partial charge in [-0.25, -0.2) is 4.68 Å². The second-order valence-corrected chi connectivity index (χ2v) is 8.34. The average molecular weight is 364 g/mol. The van der Waals surface area contributed by atoms with Crippen LogP contribution in [-0.2, 0) is 20.5 Å². The molecule has 0 saturated heterocycles. The fourth-order valence-electron chi connectivity index (χ4n) is 4.23. The van der Waals surface area contributed by atoms with Crippen molar-refractivity contribution in [2.75, 3.05) is 16.8 Å². The van der Waals surface area contributed by atoms with Crippen LogP contribution in [0.15, 0.2) is 37.1 Å². The Morgan fingerprint density at radius 3 is 2.70 bits per heavy atom. The minimum Gasteiger partial charge on any atom is -0.311 e. The van der Waals surface area contributed by atoms with Crippen LogP contribution in [0.25, 0.3) is 0 Å². The van der Waals surface area contributed by atoms with E-state index >= 15 is 0 Å². The highest BCUT2D eigenvalue weighted by Crippen LogP contribution is 2.52. The van der Waals surface area contributed by atoms with E-state index in [0.29, 0.717) is 12.4 Å². The summed E-state index contributed by atoms with van der Waals surface area (Å²) in [4.78, 5) is 28.1. The average Bonchev–Trinajstić information content (AvgIpc) is 3.10. The molecule has 140 valence electrons. The van der Waals surface area contributed by atoms with Crippen LogP contribution in [-0.4, -0.2) is 28.1 Å². The van der Waals surface area contributed by atoms with E-state index in [1.54, 1.807) is 21.9 Å². The van der Waals surface area contributed by atoms with Gasteiger partial charge in [-0.2, -0.15) is 5.10 Å². The monoisotopic (exact) mass is 364 g/mol. The first-order valence-electron chi connectivity index (χ1n) is 9.13. The van der Waals surface area contributed by atoms with Crippen LogP contribution in [0.3, 0.4) is 0 Å². The van der Waals surface area contributed by atoms with Crippen molar-refractivity contribution in [3.63, 3.8) is 0 Å². The summed E-state index contributed by atoms with van der Waals surface area (Å²) in [7, 11) is 0. The van der Waals surface area contributed by atoms with Crippen molar-refractivity contribution in [3.05, 3.63) is 53.7 Å². The van der Waals surface area contributed by atoms with Gasteiger partial charge in [-0.15, -0.1) is 6.58 Å². The van der Waals surface area contributed by atoms with Gasteiger partial charge >= 0.3 is 0 Å². The van der Waals surface area contributed by atoms with Crippen LogP contribution in [0.4, 0.5) is 11.5 Å². The van der Waals surface area contributed by atoms with Crippen LogP contribution >= 0.6 is 0 Å². The Morgan fingerprint density at radius 2 is 2.04 bits per heavy atom. The number of aromatic nitrogens is 2. The number of carbonyl (C=O) groups is 2. The van der Waals surface area contributed by atoms with E-state index < -0.39 is 5.41 Å². The quantitative estimate of drug-likeness (QED) is 0.833. The van der Waals surface area contributed by atoms with Crippen LogP contribution < -0.4 is 10.2 Å². The molecule has 1 aromatic carbocycles. The molecular weight excluding hydrogens is 340 g/mol. The zero-order valence-electron chi connectivity index (χ0n) is 16.2. The molecule has 2 aromatic rings. The van der Waals surface area contributed by atoms with Crippen molar-refractivity contribution in [1.82, 2.24) is 9.78 Å². The maximum atomic E-state index is 13.7. The number of hydrogen-bond donors (Lipinski definition) is 1. The van der Waals surface area contributed by atoms with Crippen LogP contribution in [0, 0.1) is 6.92 Å². The number of nitrogens with zero attached hydrogens (tertiary/aromatic N) is 3. The molecule has 4 rings (SSSR count). The van der Waals surface area contributed by atoms with Crippen LogP contribution in [0.5, 0.6) is 0 Å². The molecule has 1 spiro atoms. The van der Waals surface area contributed by atoms with Gasteiger partial charge < -0.3 is 10.2 Å². The van der Waals surface area contributed by atoms with Gasteiger partial charge in [-0.3, -0.25) is 9.59 Å². The Labute approximate surface area is 158 Å². The third-order valence-electron chi connectivity index (χ3n) is 5.37. The van der Waals surface area contributed by atoms with Crippen molar-refractivity contribution in [2.45, 2.75) is 45.1 Å². The number of benzene rings is 1. The van der Waals surface area contributed by atoms with Gasteiger partial charge in [-0.1, -0.05) is 23.8 Å². The maximum Gasteiger partial charge on any atom is 0.243 e. The predicted molar refractivity (Wildman–Crippen MR) is 105 cm³/mol. The molecule has 1 N–H and O–H groups in total. The normalized spacial score (nSPS) is 21.3. The first kappa shape index (κ1) is 17.5. The van der Waals surface area contributed by atoms with E-state index in [4.69, 9.17) is 0 Å². The Bertz CT molecular complexity index is 983. The molecule has 1 aromatic heterocycles. The van der Waals surface area contributed by atoms with Crippen molar-refractivity contribution < 1.29 is 9.59 Å². The lowest BCUT2D eigenvalue weighted by Crippen LogP contribution is -2.47. The van der Waals surface area contributed by atoms with Crippen molar-refractivity contribution in [1.29, 1.82) is 0 Å². The van der Waals surface area contributed by atoms with E-state index in [9.17, 15) is 9.59 Å². The lowest BCUT2D eigenvalue weighted by Gasteiger charge is -2.34. The van der Waals surface area contributed by atoms with Crippen LogP contribution in [0.2, 0.25) is 0 Å². The highest BCUT2D eigenvalue weighted by atomic mass is 16.2. The minimum atomic E-state index is -1.04.